The highest BCUT2D eigenvalue weighted by Crippen LogP contribution is 2.17. The summed E-state index contributed by atoms with van der Waals surface area (Å²) < 4.78 is 5.37. The van der Waals surface area contributed by atoms with Crippen molar-refractivity contribution in [2.24, 2.45) is 0 Å². The number of phenolic OH excluding ortho intramolecular Hbond substituents is 1. The molecule has 0 bridgehead atoms. The van der Waals surface area contributed by atoms with E-state index < -0.39 is 0 Å². The van der Waals surface area contributed by atoms with Gasteiger partial charge in [0.05, 0.1) is 13.2 Å². The number of aromatic hydroxyl groups is 1. The van der Waals surface area contributed by atoms with Gasteiger partial charge in [-0.05, 0) is 48.4 Å². The molecule has 5 heteroatoms. The van der Waals surface area contributed by atoms with Crippen LogP contribution in [0.1, 0.15) is 15.9 Å². The Bertz CT molecular complexity index is 662. The van der Waals surface area contributed by atoms with Crippen molar-refractivity contribution in [1.82, 2.24) is 5.32 Å². The third kappa shape index (κ3) is 4.26. The van der Waals surface area contributed by atoms with Crippen molar-refractivity contribution >= 4 is 11.6 Å². The molecule has 0 spiro atoms. The van der Waals surface area contributed by atoms with Crippen LogP contribution in [0.3, 0.4) is 0 Å². The van der Waals surface area contributed by atoms with Gasteiger partial charge in [0.1, 0.15) is 5.75 Å². The summed E-state index contributed by atoms with van der Waals surface area (Å²) in [6.45, 7) is 4.01. The number of rotatable bonds is 5. The molecule has 0 radical (unpaired) electrons. The number of amides is 1. The van der Waals surface area contributed by atoms with E-state index in [1.807, 2.05) is 0 Å². The Morgan fingerprint density at radius 2 is 1.71 bits per heavy atom. The van der Waals surface area contributed by atoms with Crippen LogP contribution in [-0.4, -0.2) is 43.9 Å². The number of nitrogens with one attached hydrogen (secondary N) is 1. The SMILES string of the molecule is O=C(NCCc1ccc(N2CCOCC2)cc1)c1ccc(O)cc1. The molecule has 1 heterocycles. The van der Waals surface area contributed by atoms with Gasteiger partial charge in [0, 0.05) is 30.9 Å². The van der Waals surface area contributed by atoms with Gasteiger partial charge in [-0.25, -0.2) is 0 Å². The van der Waals surface area contributed by atoms with Crippen LogP contribution in [-0.2, 0) is 11.2 Å². The molecule has 1 aliphatic heterocycles. The highest BCUT2D eigenvalue weighted by atomic mass is 16.5. The topological polar surface area (TPSA) is 61.8 Å². The van der Waals surface area contributed by atoms with Gasteiger partial charge in [0.2, 0.25) is 0 Å². The van der Waals surface area contributed by atoms with Gasteiger partial charge in [-0.1, -0.05) is 12.1 Å². The Kier molecular flexibility index (Phi) is 5.33. The number of morpholine rings is 1. The van der Waals surface area contributed by atoms with Crippen LogP contribution in [0.15, 0.2) is 48.5 Å². The van der Waals surface area contributed by atoms with Crippen LogP contribution >= 0.6 is 0 Å². The highest BCUT2D eigenvalue weighted by molar-refractivity contribution is 5.94. The zero-order valence-electron chi connectivity index (χ0n) is 13.6. The molecule has 0 aromatic heterocycles. The number of nitrogens with zero attached hydrogens (tertiary/aromatic N) is 1. The number of anilines is 1. The van der Waals surface area contributed by atoms with E-state index in [-0.39, 0.29) is 11.7 Å². The molecule has 24 heavy (non-hydrogen) atoms. The number of hydrogen-bond donors (Lipinski definition) is 2. The molecule has 0 aliphatic carbocycles. The lowest BCUT2D eigenvalue weighted by atomic mass is 10.1. The summed E-state index contributed by atoms with van der Waals surface area (Å²) in [6, 6.07) is 14.7. The molecule has 1 aliphatic rings. The lowest BCUT2D eigenvalue weighted by Gasteiger charge is -2.28. The summed E-state index contributed by atoms with van der Waals surface area (Å²) in [5.41, 5.74) is 2.96. The van der Waals surface area contributed by atoms with Gasteiger partial charge in [-0.15, -0.1) is 0 Å². The van der Waals surface area contributed by atoms with E-state index in [0.29, 0.717) is 12.1 Å². The molecule has 2 aromatic carbocycles. The van der Waals surface area contributed by atoms with Gasteiger partial charge in [0.25, 0.3) is 5.91 Å². The summed E-state index contributed by atoms with van der Waals surface area (Å²) in [6.07, 6.45) is 0.785. The first kappa shape index (κ1) is 16.3. The fourth-order valence-corrected chi connectivity index (χ4v) is 2.73. The fourth-order valence-electron chi connectivity index (χ4n) is 2.73. The van der Waals surface area contributed by atoms with Gasteiger partial charge < -0.3 is 20.1 Å². The molecule has 5 nitrogen and oxygen atoms in total. The number of carbonyl (C=O) groups is 1. The Labute approximate surface area is 141 Å². The van der Waals surface area contributed by atoms with Crippen molar-refractivity contribution in [3.8, 4) is 5.75 Å². The Morgan fingerprint density at radius 1 is 1.04 bits per heavy atom. The minimum atomic E-state index is -0.125. The van der Waals surface area contributed by atoms with Crippen molar-refractivity contribution in [2.45, 2.75) is 6.42 Å². The molecule has 0 saturated carbocycles. The average molecular weight is 326 g/mol. The van der Waals surface area contributed by atoms with Crippen molar-refractivity contribution < 1.29 is 14.6 Å². The van der Waals surface area contributed by atoms with E-state index in [4.69, 9.17) is 4.74 Å². The van der Waals surface area contributed by atoms with E-state index in [1.165, 1.54) is 23.4 Å². The molecule has 3 rings (SSSR count). The predicted molar refractivity (Wildman–Crippen MR) is 93.6 cm³/mol. The molecule has 0 unspecified atom stereocenters. The van der Waals surface area contributed by atoms with E-state index in [2.05, 4.69) is 34.5 Å². The summed E-state index contributed by atoms with van der Waals surface area (Å²) in [5.74, 6) is 0.0341. The minimum absolute atomic E-state index is 0.125. The van der Waals surface area contributed by atoms with Crippen molar-refractivity contribution in [3.05, 3.63) is 59.7 Å². The first-order chi connectivity index (χ1) is 11.7. The second kappa shape index (κ2) is 7.84. The van der Waals surface area contributed by atoms with Crippen LogP contribution in [0.2, 0.25) is 0 Å². The van der Waals surface area contributed by atoms with Gasteiger partial charge in [-0.3, -0.25) is 4.79 Å². The maximum atomic E-state index is 12.0. The largest absolute Gasteiger partial charge is 0.508 e. The van der Waals surface area contributed by atoms with E-state index in [1.54, 1.807) is 12.1 Å². The molecule has 2 aromatic rings. The average Bonchev–Trinajstić information content (AvgIpc) is 2.63. The summed E-state index contributed by atoms with van der Waals surface area (Å²) in [4.78, 5) is 14.3. The zero-order valence-corrected chi connectivity index (χ0v) is 13.6. The molecular formula is C19H22N2O3. The van der Waals surface area contributed by atoms with Crippen LogP contribution in [0.4, 0.5) is 5.69 Å². The Morgan fingerprint density at radius 3 is 2.38 bits per heavy atom. The van der Waals surface area contributed by atoms with Gasteiger partial charge in [0.15, 0.2) is 0 Å². The quantitative estimate of drug-likeness (QED) is 0.884. The van der Waals surface area contributed by atoms with E-state index >= 15 is 0 Å². The highest BCUT2D eigenvalue weighted by Gasteiger charge is 2.10. The smallest absolute Gasteiger partial charge is 0.251 e. The van der Waals surface area contributed by atoms with Crippen LogP contribution in [0.5, 0.6) is 5.75 Å². The lowest BCUT2D eigenvalue weighted by molar-refractivity contribution is 0.0954. The minimum Gasteiger partial charge on any atom is -0.508 e. The van der Waals surface area contributed by atoms with Crippen molar-refractivity contribution in [1.29, 1.82) is 0 Å². The lowest BCUT2D eigenvalue weighted by Crippen LogP contribution is -2.36. The number of ether oxygens (including phenoxy) is 1. The van der Waals surface area contributed by atoms with Gasteiger partial charge in [-0.2, -0.15) is 0 Å². The molecule has 2 N–H and O–H groups in total. The van der Waals surface area contributed by atoms with Gasteiger partial charge >= 0.3 is 0 Å². The zero-order chi connectivity index (χ0) is 16.8. The maximum absolute atomic E-state index is 12.0. The summed E-state index contributed by atoms with van der Waals surface area (Å²) in [5, 5.41) is 12.1. The fraction of sp³-hybridized carbons (Fsp3) is 0.316. The monoisotopic (exact) mass is 326 g/mol. The Hall–Kier alpha value is -2.53. The maximum Gasteiger partial charge on any atom is 0.251 e. The van der Waals surface area contributed by atoms with Crippen LogP contribution in [0.25, 0.3) is 0 Å². The molecule has 1 saturated heterocycles. The summed E-state index contributed by atoms with van der Waals surface area (Å²) in [7, 11) is 0. The Balaban J connectivity index is 1.48. The predicted octanol–water partition coefficient (Wildman–Crippen LogP) is 2.20. The first-order valence-electron chi connectivity index (χ1n) is 8.21. The standard InChI is InChI=1S/C19H22N2O3/c22-18-7-3-16(4-8-18)19(23)20-10-9-15-1-5-17(6-2-15)21-11-13-24-14-12-21/h1-8,22H,9-14H2,(H,20,23). The molecule has 1 fully saturated rings. The number of phenols is 1. The number of hydrogen-bond acceptors (Lipinski definition) is 4. The van der Waals surface area contributed by atoms with Crippen LogP contribution < -0.4 is 10.2 Å². The molecule has 1 amide bonds. The van der Waals surface area contributed by atoms with E-state index in [9.17, 15) is 9.90 Å². The first-order valence-corrected chi connectivity index (χ1v) is 8.21. The number of carbonyl (C=O) groups excluding carboxylic acids is 1. The van der Waals surface area contributed by atoms with Crippen molar-refractivity contribution in [2.75, 3.05) is 37.7 Å². The second-order valence-electron chi connectivity index (χ2n) is 5.82. The number of benzene rings is 2. The third-order valence-electron chi connectivity index (χ3n) is 4.14. The summed E-state index contributed by atoms with van der Waals surface area (Å²) >= 11 is 0. The van der Waals surface area contributed by atoms with Crippen molar-refractivity contribution in [3.63, 3.8) is 0 Å². The molecular weight excluding hydrogens is 304 g/mol. The third-order valence-corrected chi connectivity index (χ3v) is 4.14. The normalized spacial score (nSPS) is 14.4. The second-order valence-corrected chi connectivity index (χ2v) is 5.82. The van der Waals surface area contributed by atoms with E-state index in [0.717, 1.165) is 32.7 Å². The molecule has 126 valence electrons. The van der Waals surface area contributed by atoms with Crippen LogP contribution in [0, 0.1) is 0 Å². The molecule has 0 atom stereocenters.